The topological polar surface area (TPSA) is 81.7 Å². The van der Waals surface area contributed by atoms with E-state index < -0.39 is 23.7 Å². The van der Waals surface area contributed by atoms with Gasteiger partial charge in [0.2, 0.25) is 5.91 Å². The summed E-state index contributed by atoms with van der Waals surface area (Å²) >= 11 is 5.63. The van der Waals surface area contributed by atoms with Gasteiger partial charge in [-0.05, 0) is 18.2 Å². The van der Waals surface area contributed by atoms with Crippen LogP contribution in [0.15, 0.2) is 18.2 Å². The molecule has 0 spiro atoms. The minimum absolute atomic E-state index is 0.0198. The van der Waals surface area contributed by atoms with Crippen LogP contribution in [-0.4, -0.2) is 54.1 Å². The number of halogens is 2. The fourth-order valence-electron chi connectivity index (χ4n) is 2.14. The van der Waals surface area contributed by atoms with Crippen LogP contribution in [0.1, 0.15) is 0 Å². The van der Waals surface area contributed by atoms with Crippen molar-refractivity contribution in [1.29, 1.82) is 0 Å². The normalized spacial score (nSPS) is 19.2. The Hall–Kier alpha value is -1.70. The average Bonchev–Trinajstić information content (AvgIpc) is 2.42. The molecular weight excluding hydrogens is 301 g/mol. The predicted octanol–water partition coefficient (Wildman–Crippen LogP) is 0.776. The lowest BCUT2D eigenvalue weighted by Gasteiger charge is -2.32. The molecule has 0 saturated carbocycles. The molecule has 1 unspecified atom stereocenters. The van der Waals surface area contributed by atoms with Crippen LogP contribution in [0.25, 0.3) is 0 Å². The van der Waals surface area contributed by atoms with E-state index in [0.717, 1.165) is 6.07 Å². The van der Waals surface area contributed by atoms with Gasteiger partial charge in [0.1, 0.15) is 11.9 Å². The van der Waals surface area contributed by atoms with E-state index in [0.29, 0.717) is 13.1 Å². The van der Waals surface area contributed by atoms with E-state index in [2.05, 4.69) is 10.6 Å². The van der Waals surface area contributed by atoms with Gasteiger partial charge in [0.25, 0.3) is 0 Å². The molecule has 3 N–H and O–H groups in total. The molecule has 2 rings (SSSR count). The van der Waals surface area contributed by atoms with E-state index >= 15 is 0 Å². The van der Waals surface area contributed by atoms with Crippen LogP contribution in [0.4, 0.5) is 10.1 Å². The second kappa shape index (κ2) is 6.84. The van der Waals surface area contributed by atoms with Crippen molar-refractivity contribution in [3.05, 3.63) is 29.0 Å². The SMILES string of the molecule is O=C(CN1CCNCC1C(=O)O)Nc1ccc(Cl)cc1F. The van der Waals surface area contributed by atoms with Gasteiger partial charge in [-0.3, -0.25) is 14.5 Å². The largest absolute Gasteiger partial charge is 0.480 e. The number of hydrogen-bond acceptors (Lipinski definition) is 4. The molecule has 8 heteroatoms. The van der Waals surface area contributed by atoms with Crippen LogP contribution in [0.3, 0.4) is 0 Å². The van der Waals surface area contributed by atoms with Gasteiger partial charge < -0.3 is 15.7 Å². The Morgan fingerprint density at radius 3 is 2.95 bits per heavy atom. The minimum Gasteiger partial charge on any atom is -0.480 e. The number of carbonyl (C=O) groups excluding carboxylic acids is 1. The second-order valence-electron chi connectivity index (χ2n) is 4.70. The number of hydrogen-bond donors (Lipinski definition) is 3. The van der Waals surface area contributed by atoms with Crippen molar-refractivity contribution >= 4 is 29.2 Å². The predicted molar refractivity (Wildman–Crippen MR) is 75.9 cm³/mol. The number of carboxylic acids is 1. The van der Waals surface area contributed by atoms with Crippen molar-refractivity contribution in [3.63, 3.8) is 0 Å². The summed E-state index contributed by atoms with van der Waals surface area (Å²) in [5.41, 5.74) is 0.0198. The third-order valence-electron chi connectivity index (χ3n) is 3.19. The molecule has 6 nitrogen and oxygen atoms in total. The highest BCUT2D eigenvalue weighted by atomic mass is 35.5. The molecule has 1 aliphatic heterocycles. The summed E-state index contributed by atoms with van der Waals surface area (Å²) in [5.74, 6) is -2.09. The molecule has 0 radical (unpaired) electrons. The summed E-state index contributed by atoms with van der Waals surface area (Å²) < 4.78 is 13.6. The fraction of sp³-hybridized carbons (Fsp3) is 0.385. The Morgan fingerprint density at radius 1 is 1.52 bits per heavy atom. The van der Waals surface area contributed by atoms with Crippen LogP contribution in [0.5, 0.6) is 0 Å². The Balaban J connectivity index is 1.98. The lowest BCUT2D eigenvalue weighted by atomic mass is 10.2. The molecule has 114 valence electrons. The number of piperazine rings is 1. The van der Waals surface area contributed by atoms with Crippen LogP contribution < -0.4 is 10.6 Å². The molecule has 1 fully saturated rings. The van der Waals surface area contributed by atoms with Gasteiger partial charge in [-0.2, -0.15) is 0 Å². The Morgan fingerprint density at radius 2 is 2.29 bits per heavy atom. The highest BCUT2D eigenvalue weighted by Crippen LogP contribution is 2.18. The molecule has 0 bridgehead atoms. The molecule has 1 atom stereocenters. The van der Waals surface area contributed by atoms with E-state index in [1.54, 1.807) is 4.90 Å². The summed E-state index contributed by atoms with van der Waals surface area (Å²) in [6.45, 7) is 1.21. The first-order valence-electron chi connectivity index (χ1n) is 6.40. The number of benzene rings is 1. The average molecular weight is 316 g/mol. The maximum absolute atomic E-state index is 13.6. The van der Waals surface area contributed by atoms with Crippen molar-refractivity contribution in [3.8, 4) is 0 Å². The zero-order valence-electron chi connectivity index (χ0n) is 11.1. The van der Waals surface area contributed by atoms with Gasteiger partial charge in [0.15, 0.2) is 0 Å². The molecule has 1 saturated heterocycles. The number of aliphatic carboxylic acids is 1. The first-order valence-corrected chi connectivity index (χ1v) is 6.77. The van der Waals surface area contributed by atoms with Crippen LogP contribution in [-0.2, 0) is 9.59 Å². The van der Waals surface area contributed by atoms with Gasteiger partial charge in [-0.1, -0.05) is 11.6 Å². The zero-order valence-corrected chi connectivity index (χ0v) is 11.9. The Labute approximate surface area is 125 Å². The van der Waals surface area contributed by atoms with E-state index in [9.17, 15) is 14.0 Å². The van der Waals surface area contributed by atoms with Gasteiger partial charge in [-0.25, -0.2) is 4.39 Å². The molecular formula is C13H15ClFN3O3. The number of amides is 1. The summed E-state index contributed by atoms with van der Waals surface area (Å²) in [5, 5.41) is 14.7. The molecule has 1 aliphatic rings. The van der Waals surface area contributed by atoms with Crippen LogP contribution in [0.2, 0.25) is 5.02 Å². The van der Waals surface area contributed by atoms with Crippen LogP contribution in [0, 0.1) is 5.82 Å². The first-order chi connectivity index (χ1) is 9.97. The lowest BCUT2D eigenvalue weighted by Crippen LogP contribution is -2.56. The standard InChI is InChI=1S/C13H15ClFN3O3/c14-8-1-2-10(9(15)5-8)17-12(19)7-18-4-3-16-6-11(18)13(20)21/h1-2,5,11,16H,3-4,6-7H2,(H,17,19)(H,20,21). The monoisotopic (exact) mass is 315 g/mol. The third kappa shape index (κ3) is 4.13. The van der Waals surface area contributed by atoms with Gasteiger partial charge >= 0.3 is 5.97 Å². The molecule has 1 aromatic rings. The van der Waals surface area contributed by atoms with E-state index in [4.69, 9.17) is 16.7 Å². The molecule has 1 amide bonds. The van der Waals surface area contributed by atoms with Crippen molar-refractivity contribution in [1.82, 2.24) is 10.2 Å². The van der Waals surface area contributed by atoms with Crippen molar-refractivity contribution in [2.75, 3.05) is 31.5 Å². The smallest absolute Gasteiger partial charge is 0.322 e. The number of rotatable bonds is 4. The number of nitrogens with zero attached hydrogens (tertiary/aromatic N) is 1. The second-order valence-corrected chi connectivity index (χ2v) is 5.14. The van der Waals surface area contributed by atoms with Gasteiger partial charge in [0.05, 0.1) is 12.2 Å². The quantitative estimate of drug-likeness (QED) is 0.765. The summed E-state index contributed by atoms with van der Waals surface area (Å²) in [7, 11) is 0. The lowest BCUT2D eigenvalue weighted by molar-refractivity contribution is -0.144. The Kier molecular flexibility index (Phi) is 5.11. The number of anilines is 1. The first kappa shape index (κ1) is 15.7. The molecule has 0 aromatic heterocycles. The maximum Gasteiger partial charge on any atom is 0.322 e. The molecule has 0 aliphatic carbocycles. The molecule has 21 heavy (non-hydrogen) atoms. The zero-order chi connectivity index (χ0) is 15.4. The van der Waals surface area contributed by atoms with Crippen LogP contribution >= 0.6 is 11.6 Å². The van der Waals surface area contributed by atoms with Crippen molar-refractivity contribution in [2.24, 2.45) is 0 Å². The van der Waals surface area contributed by atoms with Crippen molar-refractivity contribution in [2.45, 2.75) is 6.04 Å². The minimum atomic E-state index is -0.993. The summed E-state index contributed by atoms with van der Waals surface area (Å²) in [6, 6.07) is 3.16. The summed E-state index contributed by atoms with van der Waals surface area (Å²) in [6.07, 6.45) is 0. The van der Waals surface area contributed by atoms with E-state index in [-0.39, 0.29) is 23.8 Å². The fourth-order valence-corrected chi connectivity index (χ4v) is 2.30. The third-order valence-corrected chi connectivity index (χ3v) is 3.43. The Bertz CT molecular complexity index is 555. The summed E-state index contributed by atoms with van der Waals surface area (Å²) in [4.78, 5) is 24.6. The molecule has 1 aromatic carbocycles. The maximum atomic E-state index is 13.6. The molecule has 1 heterocycles. The highest BCUT2D eigenvalue weighted by molar-refractivity contribution is 6.30. The van der Waals surface area contributed by atoms with E-state index in [1.807, 2.05) is 0 Å². The number of carbonyl (C=O) groups is 2. The van der Waals surface area contributed by atoms with Gasteiger partial charge in [-0.15, -0.1) is 0 Å². The van der Waals surface area contributed by atoms with Crippen molar-refractivity contribution < 1.29 is 19.1 Å². The highest BCUT2D eigenvalue weighted by Gasteiger charge is 2.29. The van der Waals surface area contributed by atoms with Gasteiger partial charge in [0, 0.05) is 24.7 Å². The number of nitrogens with one attached hydrogen (secondary N) is 2. The number of carboxylic acid groups (broad SMARTS) is 1. The van der Waals surface area contributed by atoms with E-state index in [1.165, 1.54) is 12.1 Å².